The molecule has 2 fully saturated rings. The number of ether oxygens (including phenoxy) is 1. The second-order valence-electron chi connectivity index (χ2n) is 7.36. The third-order valence-corrected chi connectivity index (χ3v) is 6.85. The number of likely N-dealkylation sites (tertiary alicyclic amines) is 1. The minimum Gasteiger partial charge on any atom is -0.497 e. The summed E-state index contributed by atoms with van der Waals surface area (Å²) < 4.78 is 30.3. The van der Waals surface area contributed by atoms with Crippen molar-refractivity contribution in [2.24, 2.45) is 5.92 Å². The van der Waals surface area contributed by atoms with Gasteiger partial charge in [-0.25, -0.2) is 12.7 Å². The van der Waals surface area contributed by atoms with Crippen molar-refractivity contribution in [3.8, 4) is 5.75 Å². The second kappa shape index (κ2) is 7.68. The van der Waals surface area contributed by atoms with Gasteiger partial charge < -0.3 is 9.84 Å². The smallest absolute Gasteiger partial charge is 0.211 e. The molecule has 0 spiro atoms. The van der Waals surface area contributed by atoms with E-state index >= 15 is 0 Å². The number of piperidine rings is 2. The lowest BCUT2D eigenvalue weighted by Gasteiger charge is -2.49. The molecule has 0 bridgehead atoms. The quantitative estimate of drug-likeness (QED) is 0.837. The average molecular weight is 381 g/mol. The highest BCUT2D eigenvalue weighted by Gasteiger charge is 2.46. The summed E-state index contributed by atoms with van der Waals surface area (Å²) in [5.41, 5.74) is 0.387. The first-order chi connectivity index (χ1) is 12.3. The summed E-state index contributed by atoms with van der Waals surface area (Å²) in [5.74, 6) is 0.805. The summed E-state index contributed by atoms with van der Waals surface area (Å²) in [5, 5.41) is 10.9. The topological polar surface area (TPSA) is 70.1 Å². The number of nitrogens with zero attached hydrogens (tertiary/aromatic N) is 2. The van der Waals surface area contributed by atoms with Gasteiger partial charge in [0.15, 0.2) is 0 Å². The van der Waals surface area contributed by atoms with Crippen molar-refractivity contribution in [2.75, 3.05) is 46.1 Å². The molecule has 0 saturated carbocycles. The van der Waals surface area contributed by atoms with Crippen molar-refractivity contribution in [3.05, 3.63) is 35.9 Å². The Bertz CT molecular complexity index is 747. The Kier molecular flexibility index (Phi) is 5.72. The molecule has 2 heterocycles. The van der Waals surface area contributed by atoms with Gasteiger partial charge in [-0.05, 0) is 30.5 Å². The minimum absolute atomic E-state index is 0.0332. The minimum atomic E-state index is -3.20. The standard InChI is InChI=1S/C19H28N2O4S/c1-25-18-7-5-16(6-8-18)4-3-11-20-12-9-19(22)10-13-21(26(2,23)24)15-17(19)14-20/h3-8,17,22H,9-15H2,1-2H3/t17-,19-/m1/s1. The Morgan fingerprint density at radius 2 is 1.92 bits per heavy atom. The molecule has 2 saturated heterocycles. The van der Waals surface area contributed by atoms with Crippen LogP contribution in [0.5, 0.6) is 5.75 Å². The third kappa shape index (κ3) is 4.46. The van der Waals surface area contributed by atoms with E-state index in [1.54, 1.807) is 7.11 Å². The van der Waals surface area contributed by atoms with Gasteiger partial charge in [0.2, 0.25) is 10.0 Å². The van der Waals surface area contributed by atoms with Crippen molar-refractivity contribution in [1.29, 1.82) is 0 Å². The maximum atomic E-state index is 11.8. The zero-order valence-corrected chi connectivity index (χ0v) is 16.3. The number of hydrogen-bond acceptors (Lipinski definition) is 5. The van der Waals surface area contributed by atoms with Gasteiger partial charge in [0.1, 0.15) is 5.75 Å². The van der Waals surface area contributed by atoms with Gasteiger partial charge >= 0.3 is 0 Å². The molecule has 1 N–H and O–H groups in total. The summed E-state index contributed by atoms with van der Waals surface area (Å²) in [4.78, 5) is 2.28. The van der Waals surface area contributed by atoms with E-state index < -0.39 is 15.6 Å². The molecular weight excluding hydrogens is 352 g/mol. The van der Waals surface area contributed by atoms with Gasteiger partial charge in [0, 0.05) is 38.6 Å². The molecule has 3 rings (SSSR count). The number of aliphatic hydroxyl groups is 1. The molecule has 0 aliphatic carbocycles. The first kappa shape index (κ1) is 19.4. The van der Waals surface area contributed by atoms with Gasteiger partial charge in [-0.2, -0.15) is 0 Å². The van der Waals surface area contributed by atoms with Gasteiger partial charge in [-0.3, -0.25) is 4.90 Å². The Morgan fingerprint density at radius 3 is 2.58 bits per heavy atom. The molecule has 0 unspecified atom stereocenters. The molecule has 0 amide bonds. The van der Waals surface area contributed by atoms with Crippen molar-refractivity contribution in [1.82, 2.24) is 9.21 Å². The van der Waals surface area contributed by atoms with Crippen LogP contribution < -0.4 is 4.74 Å². The predicted octanol–water partition coefficient (Wildman–Crippen LogP) is 1.43. The number of rotatable bonds is 5. The molecular formula is C19H28N2O4S. The summed E-state index contributed by atoms with van der Waals surface area (Å²) >= 11 is 0. The van der Waals surface area contributed by atoms with Crippen LogP contribution >= 0.6 is 0 Å². The molecule has 0 aromatic heterocycles. The average Bonchev–Trinajstić information content (AvgIpc) is 2.61. The van der Waals surface area contributed by atoms with Crippen LogP contribution in [0, 0.1) is 5.92 Å². The Hall–Kier alpha value is -1.41. The molecule has 144 valence electrons. The van der Waals surface area contributed by atoms with E-state index in [9.17, 15) is 13.5 Å². The number of hydrogen-bond donors (Lipinski definition) is 1. The van der Waals surface area contributed by atoms with Crippen molar-refractivity contribution < 1.29 is 18.3 Å². The Balaban J connectivity index is 1.58. The van der Waals surface area contributed by atoms with Gasteiger partial charge in [-0.15, -0.1) is 0 Å². The number of methoxy groups -OCH3 is 1. The van der Waals surface area contributed by atoms with Crippen molar-refractivity contribution in [3.63, 3.8) is 0 Å². The number of sulfonamides is 1. The molecule has 26 heavy (non-hydrogen) atoms. The van der Waals surface area contributed by atoms with E-state index in [0.717, 1.165) is 30.9 Å². The zero-order valence-electron chi connectivity index (χ0n) is 15.5. The fourth-order valence-corrected chi connectivity index (χ4v) is 4.73. The third-order valence-electron chi connectivity index (χ3n) is 5.58. The molecule has 2 atom stereocenters. The normalized spacial score (nSPS) is 28.2. The second-order valence-corrected chi connectivity index (χ2v) is 9.34. The maximum absolute atomic E-state index is 11.8. The SMILES string of the molecule is COc1ccc(C=CCN2CC[C@@]3(O)CCN(S(C)(=O)=O)C[C@H]3C2)cc1. The van der Waals surface area contributed by atoms with E-state index in [1.165, 1.54) is 10.6 Å². The lowest BCUT2D eigenvalue weighted by atomic mass is 9.76. The maximum Gasteiger partial charge on any atom is 0.211 e. The van der Waals surface area contributed by atoms with Crippen LogP contribution in [0.3, 0.4) is 0 Å². The van der Waals surface area contributed by atoms with Crippen LogP contribution in [0.15, 0.2) is 30.3 Å². The molecule has 1 aromatic rings. The fourth-order valence-electron chi connectivity index (χ4n) is 3.86. The van der Waals surface area contributed by atoms with E-state index in [0.29, 0.717) is 25.9 Å². The monoisotopic (exact) mass is 380 g/mol. The molecule has 6 nitrogen and oxygen atoms in total. The van der Waals surface area contributed by atoms with Gasteiger partial charge in [0.05, 0.1) is 19.0 Å². The zero-order chi connectivity index (χ0) is 18.8. The number of benzene rings is 1. The van der Waals surface area contributed by atoms with Gasteiger partial charge in [0.25, 0.3) is 0 Å². The van der Waals surface area contributed by atoms with E-state index in [4.69, 9.17) is 4.74 Å². The first-order valence-corrected chi connectivity index (χ1v) is 10.9. The first-order valence-electron chi connectivity index (χ1n) is 9.01. The van der Waals surface area contributed by atoms with Crippen LogP contribution in [-0.4, -0.2) is 74.4 Å². The van der Waals surface area contributed by atoms with Crippen LogP contribution in [0.1, 0.15) is 18.4 Å². The summed E-state index contributed by atoms with van der Waals surface area (Å²) in [6.45, 7) is 3.17. The summed E-state index contributed by atoms with van der Waals surface area (Å²) in [7, 11) is -1.55. The van der Waals surface area contributed by atoms with E-state index in [-0.39, 0.29) is 5.92 Å². The molecule has 1 aromatic carbocycles. The highest BCUT2D eigenvalue weighted by atomic mass is 32.2. The van der Waals surface area contributed by atoms with Crippen LogP contribution in [0.25, 0.3) is 6.08 Å². The van der Waals surface area contributed by atoms with Crippen molar-refractivity contribution in [2.45, 2.75) is 18.4 Å². The Morgan fingerprint density at radius 1 is 1.23 bits per heavy atom. The van der Waals surface area contributed by atoms with E-state index in [1.807, 2.05) is 24.3 Å². The van der Waals surface area contributed by atoms with Gasteiger partial charge in [-0.1, -0.05) is 24.3 Å². The molecule has 2 aliphatic rings. The molecule has 2 aliphatic heterocycles. The Labute approximate surface area is 156 Å². The lowest BCUT2D eigenvalue weighted by Crippen LogP contribution is -2.60. The summed E-state index contributed by atoms with van der Waals surface area (Å²) in [6, 6.07) is 7.88. The van der Waals surface area contributed by atoms with E-state index in [2.05, 4.69) is 17.1 Å². The van der Waals surface area contributed by atoms with Crippen molar-refractivity contribution >= 4 is 16.1 Å². The van der Waals surface area contributed by atoms with Crippen LogP contribution in [0.4, 0.5) is 0 Å². The number of fused-ring (bicyclic) bond motifs is 1. The molecule has 0 radical (unpaired) electrons. The highest BCUT2D eigenvalue weighted by molar-refractivity contribution is 7.88. The molecule has 7 heteroatoms. The fraction of sp³-hybridized carbons (Fsp3) is 0.579. The van der Waals surface area contributed by atoms with Crippen LogP contribution in [0.2, 0.25) is 0 Å². The largest absolute Gasteiger partial charge is 0.497 e. The predicted molar refractivity (Wildman–Crippen MR) is 103 cm³/mol. The van der Waals surface area contributed by atoms with Crippen LogP contribution in [-0.2, 0) is 10.0 Å². The lowest BCUT2D eigenvalue weighted by molar-refractivity contribution is -0.0993. The summed E-state index contributed by atoms with van der Waals surface area (Å²) in [6.07, 6.45) is 6.66. The highest BCUT2D eigenvalue weighted by Crippen LogP contribution is 2.36.